The van der Waals surface area contributed by atoms with Gasteiger partial charge in [-0.1, -0.05) is 0 Å². The zero-order chi connectivity index (χ0) is 9.42. The highest BCUT2D eigenvalue weighted by molar-refractivity contribution is 5.34. The lowest BCUT2D eigenvalue weighted by Crippen LogP contribution is -2.04. The van der Waals surface area contributed by atoms with Crippen LogP contribution in [0.2, 0.25) is 0 Å². The highest BCUT2D eigenvalue weighted by Crippen LogP contribution is 2.34. The standard InChI is InChI=1S/C9H10O4/c1-5-6(11-2)3-8(10)13-9(5)7-4-12-7/h3,7H,4H2,1-2H3/t7-/m0/s1. The van der Waals surface area contributed by atoms with Crippen molar-refractivity contribution in [2.45, 2.75) is 13.0 Å². The third-order valence-electron chi connectivity index (χ3n) is 2.04. The average Bonchev–Trinajstić information content (AvgIpc) is 2.91. The molecule has 0 bridgehead atoms. The summed E-state index contributed by atoms with van der Waals surface area (Å²) >= 11 is 0. The minimum atomic E-state index is -0.395. The van der Waals surface area contributed by atoms with Crippen molar-refractivity contribution < 1.29 is 13.9 Å². The molecule has 70 valence electrons. The second-order valence-electron chi connectivity index (χ2n) is 2.95. The zero-order valence-corrected chi connectivity index (χ0v) is 7.49. The van der Waals surface area contributed by atoms with E-state index >= 15 is 0 Å². The van der Waals surface area contributed by atoms with Gasteiger partial charge in [-0.2, -0.15) is 0 Å². The van der Waals surface area contributed by atoms with Crippen LogP contribution in [0.15, 0.2) is 15.3 Å². The Balaban J connectivity index is 2.54. The first kappa shape index (κ1) is 8.31. The molecule has 1 aromatic heterocycles. The van der Waals surface area contributed by atoms with Gasteiger partial charge in [-0.05, 0) is 6.92 Å². The largest absolute Gasteiger partial charge is 0.496 e. The summed E-state index contributed by atoms with van der Waals surface area (Å²) in [5.74, 6) is 1.14. The molecule has 2 rings (SSSR count). The van der Waals surface area contributed by atoms with Gasteiger partial charge in [-0.15, -0.1) is 0 Å². The normalized spacial score (nSPS) is 20.0. The van der Waals surface area contributed by atoms with Crippen molar-refractivity contribution in [1.29, 1.82) is 0 Å². The lowest BCUT2D eigenvalue weighted by Gasteiger charge is -2.05. The van der Waals surface area contributed by atoms with Crippen molar-refractivity contribution in [2.75, 3.05) is 13.7 Å². The maximum atomic E-state index is 11.1. The van der Waals surface area contributed by atoms with Crippen molar-refractivity contribution in [1.82, 2.24) is 0 Å². The molecule has 0 aromatic carbocycles. The Labute approximate surface area is 75.1 Å². The number of ether oxygens (including phenoxy) is 2. The zero-order valence-electron chi connectivity index (χ0n) is 7.49. The minimum Gasteiger partial charge on any atom is -0.496 e. The quantitative estimate of drug-likeness (QED) is 0.641. The summed E-state index contributed by atoms with van der Waals surface area (Å²) in [5.41, 5.74) is 0.442. The third-order valence-corrected chi connectivity index (χ3v) is 2.04. The van der Waals surface area contributed by atoms with Gasteiger partial charge in [0.05, 0.1) is 19.8 Å². The van der Waals surface area contributed by atoms with Crippen molar-refractivity contribution in [2.24, 2.45) is 0 Å². The number of rotatable bonds is 2. The Bertz CT molecular complexity index is 376. The van der Waals surface area contributed by atoms with Crippen LogP contribution in [0.4, 0.5) is 0 Å². The molecule has 1 aliphatic heterocycles. The van der Waals surface area contributed by atoms with E-state index in [1.807, 2.05) is 6.92 Å². The van der Waals surface area contributed by atoms with E-state index in [0.29, 0.717) is 18.1 Å². The fourth-order valence-electron chi connectivity index (χ4n) is 1.27. The monoisotopic (exact) mass is 182 g/mol. The topological polar surface area (TPSA) is 52.0 Å². The summed E-state index contributed by atoms with van der Waals surface area (Å²) in [4.78, 5) is 11.1. The molecule has 0 radical (unpaired) electrons. The number of hydrogen-bond donors (Lipinski definition) is 0. The Kier molecular flexibility index (Phi) is 1.84. The second-order valence-corrected chi connectivity index (χ2v) is 2.95. The minimum absolute atomic E-state index is 0.0530. The molecule has 4 heteroatoms. The van der Waals surface area contributed by atoms with Gasteiger partial charge in [0, 0.05) is 5.56 Å². The van der Waals surface area contributed by atoms with E-state index in [-0.39, 0.29) is 6.10 Å². The van der Waals surface area contributed by atoms with Crippen LogP contribution >= 0.6 is 0 Å². The predicted octanol–water partition coefficient (Wildman–Crippen LogP) is 1.03. The Morgan fingerprint density at radius 1 is 1.62 bits per heavy atom. The fraction of sp³-hybridized carbons (Fsp3) is 0.444. The van der Waals surface area contributed by atoms with Gasteiger partial charge < -0.3 is 13.9 Å². The van der Waals surface area contributed by atoms with Crippen molar-refractivity contribution in [3.63, 3.8) is 0 Å². The third kappa shape index (κ3) is 1.45. The van der Waals surface area contributed by atoms with Gasteiger partial charge in [0.1, 0.15) is 17.6 Å². The molecule has 13 heavy (non-hydrogen) atoms. The molecule has 0 unspecified atom stereocenters. The molecule has 2 heterocycles. The maximum Gasteiger partial charge on any atom is 0.339 e. The van der Waals surface area contributed by atoms with Crippen LogP contribution < -0.4 is 10.4 Å². The average molecular weight is 182 g/mol. The highest BCUT2D eigenvalue weighted by atomic mass is 16.6. The van der Waals surface area contributed by atoms with Gasteiger partial charge in [0.15, 0.2) is 0 Å². The molecular formula is C9H10O4. The first-order valence-corrected chi connectivity index (χ1v) is 4.02. The lowest BCUT2D eigenvalue weighted by atomic mass is 10.2. The molecule has 1 aliphatic rings. The first-order valence-electron chi connectivity index (χ1n) is 4.02. The Morgan fingerprint density at radius 3 is 2.85 bits per heavy atom. The maximum absolute atomic E-state index is 11.1. The molecular weight excluding hydrogens is 172 g/mol. The summed E-state index contributed by atoms with van der Waals surface area (Å²) in [5, 5.41) is 0. The summed E-state index contributed by atoms with van der Waals surface area (Å²) in [6.07, 6.45) is -0.0530. The molecule has 0 saturated carbocycles. The smallest absolute Gasteiger partial charge is 0.339 e. The van der Waals surface area contributed by atoms with Crippen LogP contribution in [-0.4, -0.2) is 13.7 Å². The molecule has 1 atom stereocenters. The second kappa shape index (κ2) is 2.88. The van der Waals surface area contributed by atoms with E-state index in [9.17, 15) is 4.79 Å². The van der Waals surface area contributed by atoms with Gasteiger partial charge in [-0.25, -0.2) is 4.79 Å². The van der Waals surface area contributed by atoms with E-state index in [0.717, 1.165) is 5.56 Å². The van der Waals surface area contributed by atoms with Crippen LogP contribution in [0.25, 0.3) is 0 Å². The highest BCUT2D eigenvalue weighted by Gasteiger charge is 2.30. The van der Waals surface area contributed by atoms with Crippen LogP contribution in [0.5, 0.6) is 5.75 Å². The van der Waals surface area contributed by atoms with Gasteiger partial charge in [0.25, 0.3) is 0 Å². The molecule has 4 nitrogen and oxygen atoms in total. The first-order chi connectivity index (χ1) is 6.22. The lowest BCUT2D eigenvalue weighted by molar-refractivity contribution is 0.340. The van der Waals surface area contributed by atoms with Crippen LogP contribution in [-0.2, 0) is 4.74 Å². The van der Waals surface area contributed by atoms with Crippen LogP contribution in [0.1, 0.15) is 17.4 Å². The molecule has 1 aromatic rings. The molecule has 0 spiro atoms. The number of hydrogen-bond acceptors (Lipinski definition) is 4. The van der Waals surface area contributed by atoms with Gasteiger partial charge >= 0.3 is 5.63 Å². The summed E-state index contributed by atoms with van der Waals surface area (Å²) in [6.45, 7) is 2.47. The van der Waals surface area contributed by atoms with E-state index in [1.54, 1.807) is 0 Å². The van der Waals surface area contributed by atoms with E-state index in [4.69, 9.17) is 13.9 Å². The van der Waals surface area contributed by atoms with Crippen molar-refractivity contribution in [3.05, 3.63) is 27.8 Å². The molecule has 0 N–H and O–H groups in total. The molecule has 1 fully saturated rings. The van der Waals surface area contributed by atoms with Gasteiger partial charge in [-0.3, -0.25) is 0 Å². The van der Waals surface area contributed by atoms with E-state index in [1.165, 1.54) is 13.2 Å². The molecule has 0 aliphatic carbocycles. The Morgan fingerprint density at radius 2 is 2.31 bits per heavy atom. The Hall–Kier alpha value is -1.29. The number of epoxide rings is 1. The van der Waals surface area contributed by atoms with E-state index < -0.39 is 5.63 Å². The van der Waals surface area contributed by atoms with Gasteiger partial charge in [0.2, 0.25) is 0 Å². The van der Waals surface area contributed by atoms with Crippen LogP contribution in [0.3, 0.4) is 0 Å². The van der Waals surface area contributed by atoms with Crippen molar-refractivity contribution >= 4 is 0 Å². The van der Waals surface area contributed by atoms with Crippen molar-refractivity contribution in [3.8, 4) is 5.75 Å². The molecule has 0 amide bonds. The summed E-state index contributed by atoms with van der Waals surface area (Å²) in [6, 6.07) is 1.33. The van der Waals surface area contributed by atoms with Crippen LogP contribution in [0, 0.1) is 6.92 Å². The summed E-state index contributed by atoms with van der Waals surface area (Å²) < 4.78 is 15.1. The SMILES string of the molecule is COc1cc(=O)oc([C@@H]2CO2)c1C. The van der Waals surface area contributed by atoms with E-state index in [2.05, 4.69) is 0 Å². The summed E-state index contributed by atoms with van der Waals surface area (Å²) in [7, 11) is 1.53. The molecule has 1 saturated heterocycles. The fourth-order valence-corrected chi connectivity index (χ4v) is 1.27. The number of methoxy groups -OCH3 is 1. The predicted molar refractivity (Wildman–Crippen MR) is 45.0 cm³/mol.